The summed E-state index contributed by atoms with van der Waals surface area (Å²) in [6.45, 7) is 9.11. The molecule has 19 heavy (non-hydrogen) atoms. The molecule has 1 aliphatic rings. The van der Waals surface area contributed by atoms with Crippen LogP contribution >= 0.6 is 0 Å². The molecular weight excluding hydrogens is 242 g/mol. The number of nitrogens with one attached hydrogen (secondary N) is 3. The van der Waals surface area contributed by atoms with E-state index in [0.29, 0.717) is 12.6 Å². The zero-order chi connectivity index (χ0) is 14.1. The van der Waals surface area contributed by atoms with Crippen molar-refractivity contribution in [3.05, 3.63) is 12.2 Å². The van der Waals surface area contributed by atoms with Crippen LogP contribution in [0.25, 0.3) is 0 Å². The van der Waals surface area contributed by atoms with Gasteiger partial charge in [0, 0.05) is 19.1 Å². The molecule has 1 heterocycles. The molecule has 0 bridgehead atoms. The van der Waals surface area contributed by atoms with Crippen LogP contribution in [0.1, 0.15) is 33.6 Å². The van der Waals surface area contributed by atoms with Crippen molar-refractivity contribution in [2.75, 3.05) is 26.2 Å². The summed E-state index contributed by atoms with van der Waals surface area (Å²) in [6, 6.07) is 0.615. The van der Waals surface area contributed by atoms with Crippen LogP contribution in [0.15, 0.2) is 12.2 Å². The number of ether oxygens (including phenoxy) is 1. The standard InChI is InChI=1S/C14H27N3O2/c1-14(2,3)19-13(18)17-9-5-4-8-16-12-6-10-15-11-7-12/h4-5,12,15-16H,6-11H2,1-3H3,(H,17,18)/b5-4+. The average Bonchev–Trinajstić information content (AvgIpc) is 2.32. The van der Waals surface area contributed by atoms with Crippen molar-refractivity contribution in [1.29, 1.82) is 0 Å². The second kappa shape index (κ2) is 8.17. The van der Waals surface area contributed by atoms with Crippen LogP contribution in [0.4, 0.5) is 4.79 Å². The van der Waals surface area contributed by atoms with Crippen molar-refractivity contribution in [3.63, 3.8) is 0 Å². The molecule has 1 fully saturated rings. The second-order valence-corrected chi connectivity index (χ2v) is 5.79. The SMILES string of the molecule is CC(C)(C)OC(=O)NC/C=C/CNC1CCNCC1. The quantitative estimate of drug-likeness (QED) is 0.660. The Kier molecular flexibility index (Phi) is 6.87. The number of carbonyl (C=O) groups excluding carboxylic acids is 1. The molecule has 1 saturated heterocycles. The fourth-order valence-electron chi connectivity index (χ4n) is 1.88. The van der Waals surface area contributed by atoms with Gasteiger partial charge in [0.1, 0.15) is 5.60 Å². The smallest absolute Gasteiger partial charge is 0.407 e. The summed E-state index contributed by atoms with van der Waals surface area (Å²) in [7, 11) is 0. The second-order valence-electron chi connectivity index (χ2n) is 5.79. The van der Waals surface area contributed by atoms with E-state index in [1.165, 1.54) is 12.8 Å². The molecule has 3 N–H and O–H groups in total. The molecular formula is C14H27N3O2. The molecule has 5 nitrogen and oxygen atoms in total. The third kappa shape index (κ3) is 8.61. The number of carbonyl (C=O) groups is 1. The largest absolute Gasteiger partial charge is 0.444 e. The highest BCUT2D eigenvalue weighted by molar-refractivity contribution is 5.67. The van der Waals surface area contributed by atoms with Crippen molar-refractivity contribution in [2.24, 2.45) is 0 Å². The van der Waals surface area contributed by atoms with E-state index < -0.39 is 5.60 Å². The Morgan fingerprint density at radius 2 is 1.89 bits per heavy atom. The predicted octanol–water partition coefficient (Wildman–Crippen LogP) is 1.41. The van der Waals surface area contributed by atoms with Gasteiger partial charge in [-0.25, -0.2) is 4.79 Å². The molecule has 0 atom stereocenters. The van der Waals surface area contributed by atoms with Crippen LogP contribution in [0.2, 0.25) is 0 Å². The summed E-state index contributed by atoms with van der Waals surface area (Å²) in [5, 5.41) is 9.51. The number of hydrogen-bond acceptors (Lipinski definition) is 4. The van der Waals surface area contributed by atoms with Crippen LogP contribution in [0.3, 0.4) is 0 Å². The highest BCUT2D eigenvalue weighted by Gasteiger charge is 2.15. The highest BCUT2D eigenvalue weighted by atomic mass is 16.6. The van der Waals surface area contributed by atoms with E-state index in [2.05, 4.69) is 16.0 Å². The molecule has 110 valence electrons. The maximum absolute atomic E-state index is 11.3. The van der Waals surface area contributed by atoms with Gasteiger partial charge in [-0.1, -0.05) is 12.2 Å². The van der Waals surface area contributed by atoms with E-state index in [0.717, 1.165) is 19.6 Å². The molecule has 1 rings (SSSR count). The fourth-order valence-corrected chi connectivity index (χ4v) is 1.88. The Balaban J connectivity index is 2.02. The molecule has 0 aromatic carbocycles. The third-order valence-corrected chi connectivity index (χ3v) is 2.79. The normalized spacial score (nSPS) is 17.6. The van der Waals surface area contributed by atoms with Crippen molar-refractivity contribution < 1.29 is 9.53 Å². The van der Waals surface area contributed by atoms with Crippen molar-refractivity contribution >= 4 is 6.09 Å². The number of amides is 1. The third-order valence-electron chi connectivity index (χ3n) is 2.79. The summed E-state index contributed by atoms with van der Waals surface area (Å²) in [6.07, 6.45) is 5.98. The molecule has 1 amide bonds. The summed E-state index contributed by atoms with van der Waals surface area (Å²) < 4.78 is 5.13. The van der Waals surface area contributed by atoms with Crippen molar-refractivity contribution in [2.45, 2.75) is 45.3 Å². The van der Waals surface area contributed by atoms with E-state index in [1.807, 2.05) is 32.9 Å². The summed E-state index contributed by atoms with van der Waals surface area (Å²) in [4.78, 5) is 11.3. The molecule has 0 radical (unpaired) electrons. The van der Waals surface area contributed by atoms with Gasteiger partial charge in [0.15, 0.2) is 0 Å². The predicted molar refractivity (Wildman–Crippen MR) is 77.3 cm³/mol. The lowest BCUT2D eigenvalue weighted by Gasteiger charge is -2.23. The first kappa shape index (κ1) is 16.0. The summed E-state index contributed by atoms with van der Waals surface area (Å²) in [5.74, 6) is 0. The van der Waals surface area contributed by atoms with Gasteiger partial charge in [-0.3, -0.25) is 0 Å². The van der Waals surface area contributed by atoms with Crippen LogP contribution in [0.5, 0.6) is 0 Å². The minimum Gasteiger partial charge on any atom is -0.444 e. The minimum atomic E-state index is -0.440. The topological polar surface area (TPSA) is 62.4 Å². The first-order valence-electron chi connectivity index (χ1n) is 7.03. The molecule has 0 aliphatic carbocycles. The Hall–Kier alpha value is -1.07. The van der Waals surface area contributed by atoms with Gasteiger partial charge >= 0.3 is 6.09 Å². The zero-order valence-electron chi connectivity index (χ0n) is 12.3. The first-order valence-corrected chi connectivity index (χ1v) is 7.03. The van der Waals surface area contributed by atoms with E-state index in [-0.39, 0.29) is 6.09 Å². The number of alkyl carbamates (subject to hydrolysis) is 1. The zero-order valence-corrected chi connectivity index (χ0v) is 12.3. The van der Waals surface area contributed by atoms with Crippen LogP contribution < -0.4 is 16.0 Å². The van der Waals surface area contributed by atoms with Crippen LogP contribution in [-0.2, 0) is 4.74 Å². The van der Waals surface area contributed by atoms with E-state index in [9.17, 15) is 4.79 Å². The van der Waals surface area contributed by atoms with E-state index in [4.69, 9.17) is 4.74 Å². The fraction of sp³-hybridized carbons (Fsp3) is 0.786. The van der Waals surface area contributed by atoms with Crippen LogP contribution in [-0.4, -0.2) is 43.9 Å². The molecule has 0 aromatic rings. The van der Waals surface area contributed by atoms with Gasteiger partial charge in [-0.05, 0) is 46.7 Å². The number of rotatable bonds is 5. The summed E-state index contributed by atoms with van der Waals surface area (Å²) >= 11 is 0. The van der Waals surface area contributed by atoms with Gasteiger partial charge in [0.05, 0.1) is 0 Å². The lowest BCUT2D eigenvalue weighted by Crippen LogP contribution is -2.40. The maximum Gasteiger partial charge on any atom is 0.407 e. The van der Waals surface area contributed by atoms with Gasteiger partial charge < -0.3 is 20.7 Å². The molecule has 0 unspecified atom stereocenters. The lowest BCUT2D eigenvalue weighted by atomic mass is 10.1. The van der Waals surface area contributed by atoms with E-state index in [1.54, 1.807) is 0 Å². The van der Waals surface area contributed by atoms with Gasteiger partial charge in [-0.15, -0.1) is 0 Å². The van der Waals surface area contributed by atoms with Gasteiger partial charge in [0.25, 0.3) is 0 Å². The monoisotopic (exact) mass is 269 g/mol. The Morgan fingerprint density at radius 1 is 1.26 bits per heavy atom. The molecule has 0 spiro atoms. The van der Waals surface area contributed by atoms with E-state index >= 15 is 0 Å². The number of hydrogen-bond donors (Lipinski definition) is 3. The lowest BCUT2D eigenvalue weighted by molar-refractivity contribution is 0.0534. The van der Waals surface area contributed by atoms with Crippen molar-refractivity contribution in [3.8, 4) is 0 Å². The molecule has 5 heteroatoms. The van der Waals surface area contributed by atoms with Crippen LogP contribution in [0, 0.1) is 0 Å². The Labute approximate surface area is 116 Å². The van der Waals surface area contributed by atoms with Gasteiger partial charge in [0.2, 0.25) is 0 Å². The minimum absolute atomic E-state index is 0.372. The highest BCUT2D eigenvalue weighted by Crippen LogP contribution is 2.06. The van der Waals surface area contributed by atoms with Gasteiger partial charge in [-0.2, -0.15) is 0 Å². The maximum atomic E-state index is 11.3. The Morgan fingerprint density at radius 3 is 2.53 bits per heavy atom. The molecule has 0 saturated carbocycles. The summed E-state index contributed by atoms with van der Waals surface area (Å²) in [5.41, 5.74) is -0.440. The molecule has 0 aromatic heterocycles. The first-order chi connectivity index (χ1) is 8.97. The van der Waals surface area contributed by atoms with Crippen molar-refractivity contribution in [1.82, 2.24) is 16.0 Å². The molecule has 1 aliphatic heterocycles. The number of piperidine rings is 1. The Bertz CT molecular complexity index is 292. The average molecular weight is 269 g/mol.